The fraction of sp³-hybridized carbons (Fsp3) is 0.538. The van der Waals surface area contributed by atoms with Gasteiger partial charge in [-0.3, -0.25) is 4.79 Å². The summed E-state index contributed by atoms with van der Waals surface area (Å²) in [6.07, 6.45) is 3.41. The number of amides is 3. The quantitative estimate of drug-likeness (QED) is 0.385. The molecule has 0 fully saturated rings. The van der Waals surface area contributed by atoms with Crippen LogP contribution in [0.15, 0.2) is 29.6 Å². The van der Waals surface area contributed by atoms with Crippen molar-refractivity contribution in [2.75, 3.05) is 40.4 Å². The first-order chi connectivity index (χ1) is 16.4. The summed E-state index contributed by atoms with van der Waals surface area (Å²) in [5, 5.41) is 4.99. The van der Waals surface area contributed by atoms with E-state index in [0.717, 1.165) is 29.7 Å². The van der Waals surface area contributed by atoms with Crippen LogP contribution in [0, 0.1) is 6.92 Å². The first kappa shape index (κ1) is 27.5. The topological polar surface area (TPSA) is 71.1 Å². The number of nitrogens with one attached hydrogen (secondary N) is 1. The maximum atomic E-state index is 13.4. The number of nitrogens with zero attached hydrogens (tertiary/aromatic N) is 2. The molecule has 1 aromatic heterocycles. The van der Waals surface area contributed by atoms with E-state index < -0.39 is 0 Å². The van der Waals surface area contributed by atoms with E-state index in [9.17, 15) is 9.59 Å². The van der Waals surface area contributed by atoms with Gasteiger partial charge in [-0.15, -0.1) is 11.3 Å². The first-order valence-corrected chi connectivity index (χ1v) is 12.9. The van der Waals surface area contributed by atoms with Crippen LogP contribution in [-0.2, 0) is 17.8 Å². The molecule has 2 rings (SSSR count). The second-order valence-corrected chi connectivity index (χ2v) is 9.29. The van der Waals surface area contributed by atoms with Crippen molar-refractivity contribution in [3.8, 4) is 11.5 Å². The van der Waals surface area contributed by atoms with Gasteiger partial charge in [-0.2, -0.15) is 0 Å². The summed E-state index contributed by atoms with van der Waals surface area (Å²) in [5.41, 5.74) is 2.23. The molecule has 2 aromatic rings. The average molecular weight is 490 g/mol. The fourth-order valence-electron chi connectivity index (χ4n) is 3.60. The van der Waals surface area contributed by atoms with Gasteiger partial charge in [-0.25, -0.2) is 4.79 Å². The Morgan fingerprint density at radius 2 is 1.76 bits per heavy atom. The Labute approximate surface area is 208 Å². The molecule has 1 heterocycles. The molecule has 0 spiro atoms. The van der Waals surface area contributed by atoms with E-state index in [2.05, 4.69) is 25.2 Å². The summed E-state index contributed by atoms with van der Waals surface area (Å²) >= 11 is 1.65. The Hall–Kier alpha value is -2.74. The molecule has 0 radical (unpaired) electrons. The minimum atomic E-state index is -0.171. The predicted molar refractivity (Wildman–Crippen MR) is 138 cm³/mol. The maximum Gasteiger partial charge on any atom is 0.317 e. The lowest BCUT2D eigenvalue weighted by Gasteiger charge is -2.28. The number of thiophene rings is 1. The van der Waals surface area contributed by atoms with Crippen LogP contribution in [0.25, 0.3) is 0 Å². The molecule has 0 aliphatic rings. The van der Waals surface area contributed by atoms with E-state index in [1.807, 2.05) is 35.4 Å². The Morgan fingerprint density at radius 3 is 2.38 bits per heavy atom. The molecule has 1 aromatic carbocycles. The highest BCUT2D eigenvalue weighted by Crippen LogP contribution is 2.28. The third-order valence-corrected chi connectivity index (χ3v) is 6.69. The fourth-order valence-corrected chi connectivity index (χ4v) is 4.52. The molecule has 0 saturated heterocycles. The van der Waals surface area contributed by atoms with Gasteiger partial charge >= 0.3 is 6.03 Å². The highest BCUT2D eigenvalue weighted by atomic mass is 32.1. The summed E-state index contributed by atoms with van der Waals surface area (Å²) in [5.74, 6) is 1.30. The van der Waals surface area contributed by atoms with Crippen LogP contribution in [0.2, 0.25) is 0 Å². The van der Waals surface area contributed by atoms with Crippen molar-refractivity contribution >= 4 is 23.3 Å². The number of ether oxygens (including phenoxy) is 2. The number of methoxy groups -OCH3 is 2. The average Bonchev–Trinajstić information content (AvgIpc) is 3.25. The van der Waals surface area contributed by atoms with E-state index in [1.54, 1.807) is 30.5 Å². The lowest BCUT2D eigenvalue weighted by Crippen LogP contribution is -2.47. The van der Waals surface area contributed by atoms with E-state index in [0.29, 0.717) is 44.1 Å². The van der Waals surface area contributed by atoms with Gasteiger partial charge < -0.3 is 24.6 Å². The van der Waals surface area contributed by atoms with Crippen molar-refractivity contribution < 1.29 is 19.1 Å². The van der Waals surface area contributed by atoms with Crippen LogP contribution >= 0.6 is 11.3 Å². The lowest BCUT2D eigenvalue weighted by atomic mass is 10.1. The van der Waals surface area contributed by atoms with E-state index in [-0.39, 0.29) is 18.5 Å². The number of carbonyl (C=O) groups is 2. The van der Waals surface area contributed by atoms with Gasteiger partial charge in [0.05, 0.1) is 20.8 Å². The number of urea groups is 1. The zero-order chi connectivity index (χ0) is 24.9. The molecule has 188 valence electrons. The molecule has 0 bridgehead atoms. The van der Waals surface area contributed by atoms with E-state index in [1.165, 1.54) is 5.56 Å². The Balaban J connectivity index is 2.14. The van der Waals surface area contributed by atoms with Gasteiger partial charge in [-0.1, -0.05) is 26.3 Å². The molecule has 0 unspecified atom stereocenters. The van der Waals surface area contributed by atoms with Crippen LogP contribution in [-0.4, -0.2) is 62.1 Å². The zero-order valence-electron chi connectivity index (χ0n) is 21.2. The minimum Gasteiger partial charge on any atom is -0.493 e. The molecule has 3 amide bonds. The van der Waals surface area contributed by atoms with E-state index >= 15 is 0 Å². The van der Waals surface area contributed by atoms with Gasteiger partial charge in [0.15, 0.2) is 11.5 Å². The largest absolute Gasteiger partial charge is 0.493 e. The highest BCUT2D eigenvalue weighted by molar-refractivity contribution is 7.10. The molecule has 34 heavy (non-hydrogen) atoms. The summed E-state index contributed by atoms with van der Waals surface area (Å²) in [7, 11) is 3.23. The van der Waals surface area contributed by atoms with Gasteiger partial charge in [0.2, 0.25) is 5.91 Å². The van der Waals surface area contributed by atoms with Crippen molar-refractivity contribution in [2.24, 2.45) is 0 Å². The molecule has 0 aliphatic carbocycles. The second-order valence-electron chi connectivity index (χ2n) is 8.29. The van der Waals surface area contributed by atoms with Crippen molar-refractivity contribution in [3.63, 3.8) is 0 Å². The number of aryl methyl sites for hydroxylation is 1. The smallest absolute Gasteiger partial charge is 0.317 e. The van der Waals surface area contributed by atoms with Crippen molar-refractivity contribution in [2.45, 2.75) is 53.0 Å². The van der Waals surface area contributed by atoms with Gasteiger partial charge in [-0.05, 0) is 60.9 Å². The molecule has 0 atom stereocenters. The van der Waals surface area contributed by atoms with Crippen molar-refractivity contribution in [1.82, 2.24) is 15.1 Å². The summed E-state index contributed by atoms with van der Waals surface area (Å²) in [4.78, 5) is 30.7. The third kappa shape index (κ3) is 8.24. The number of benzene rings is 1. The number of rotatable bonds is 14. The van der Waals surface area contributed by atoms with E-state index in [4.69, 9.17) is 9.47 Å². The van der Waals surface area contributed by atoms with Gasteiger partial charge in [0.1, 0.15) is 6.54 Å². The minimum absolute atomic E-state index is 0.0487. The number of carbonyl (C=O) groups excluding carboxylic acids is 2. The zero-order valence-corrected chi connectivity index (χ0v) is 22.0. The highest BCUT2D eigenvalue weighted by Gasteiger charge is 2.22. The molecule has 1 N–H and O–H groups in total. The third-order valence-electron chi connectivity index (χ3n) is 5.69. The van der Waals surface area contributed by atoms with Crippen molar-refractivity contribution in [1.29, 1.82) is 0 Å². The van der Waals surface area contributed by atoms with Gasteiger partial charge in [0, 0.05) is 24.5 Å². The molecule has 8 heteroatoms. The Kier molecular flexibility index (Phi) is 11.7. The second kappa shape index (κ2) is 14.5. The normalized spacial score (nSPS) is 10.6. The number of hydrogen-bond donors (Lipinski definition) is 1. The van der Waals surface area contributed by atoms with Crippen LogP contribution in [0.3, 0.4) is 0 Å². The van der Waals surface area contributed by atoms with Gasteiger partial charge in [0.25, 0.3) is 0 Å². The van der Waals surface area contributed by atoms with Crippen LogP contribution in [0.1, 0.15) is 49.1 Å². The van der Waals surface area contributed by atoms with Crippen molar-refractivity contribution in [3.05, 3.63) is 45.6 Å². The molecule has 7 nitrogen and oxygen atoms in total. The molecular formula is C26H39N3O4S. The maximum absolute atomic E-state index is 13.4. The summed E-state index contributed by atoms with van der Waals surface area (Å²) in [6.45, 7) is 8.49. The lowest BCUT2D eigenvalue weighted by molar-refractivity contribution is -0.132. The molecular weight excluding hydrogens is 450 g/mol. The first-order valence-electron chi connectivity index (χ1n) is 12.0. The predicted octanol–water partition coefficient (Wildman–Crippen LogP) is 4.87. The number of unbranched alkanes of at least 4 members (excludes halogenated alkanes) is 1. The summed E-state index contributed by atoms with van der Waals surface area (Å²) < 4.78 is 10.8. The summed E-state index contributed by atoms with van der Waals surface area (Å²) in [6, 6.07) is 7.72. The van der Waals surface area contributed by atoms with Crippen LogP contribution < -0.4 is 14.8 Å². The SMILES string of the molecule is CCCCNC(=O)N(CCC)CC(=O)N(CCc1ccc(OC)c(OC)c1)Cc1sccc1C. The van der Waals surface area contributed by atoms with Crippen LogP contribution in [0.5, 0.6) is 11.5 Å². The Bertz CT molecular complexity index is 915. The monoisotopic (exact) mass is 489 g/mol. The standard InChI is InChI=1S/C26H39N3O4S/c1-6-8-13-27-26(31)29(14-7-2)19-25(30)28(18-24-20(3)12-16-34-24)15-11-21-9-10-22(32-4)23(17-21)33-5/h9-10,12,16-17H,6-8,11,13-15,18-19H2,1-5H3,(H,27,31). The van der Waals surface area contributed by atoms with Crippen LogP contribution in [0.4, 0.5) is 4.79 Å². The number of hydrogen-bond acceptors (Lipinski definition) is 5. The Morgan fingerprint density at radius 1 is 1.00 bits per heavy atom. The molecule has 0 saturated carbocycles. The molecule has 0 aliphatic heterocycles.